The second-order valence-electron chi connectivity index (χ2n) is 8.04. The van der Waals surface area contributed by atoms with E-state index < -0.39 is 0 Å². The van der Waals surface area contributed by atoms with E-state index in [9.17, 15) is 9.59 Å². The van der Waals surface area contributed by atoms with Gasteiger partial charge in [0.05, 0.1) is 18.6 Å². The number of hydrogen-bond donors (Lipinski definition) is 1. The lowest BCUT2D eigenvalue weighted by Crippen LogP contribution is -2.34. The molecule has 0 aliphatic heterocycles. The van der Waals surface area contributed by atoms with Crippen molar-refractivity contribution in [2.75, 3.05) is 6.54 Å². The Bertz CT molecular complexity index is 1290. The Morgan fingerprint density at radius 1 is 1.06 bits per heavy atom. The number of carbonyl (C=O) groups is 1. The highest BCUT2D eigenvalue weighted by molar-refractivity contribution is 5.95. The molecule has 0 fully saturated rings. The van der Waals surface area contributed by atoms with Crippen molar-refractivity contribution in [2.24, 2.45) is 0 Å². The second kappa shape index (κ2) is 10.1. The Morgan fingerprint density at radius 3 is 2.61 bits per heavy atom. The molecule has 0 spiro atoms. The summed E-state index contributed by atoms with van der Waals surface area (Å²) in [6.07, 6.45) is 7.44. The topological polar surface area (TPSA) is 81.8 Å². The highest BCUT2D eigenvalue weighted by Gasteiger charge is 2.21. The highest BCUT2D eigenvalue weighted by Crippen LogP contribution is 2.18. The summed E-state index contributed by atoms with van der Waals surface area (Å²) in [6, 6.07) is 15.3. The van der Waals surface area contributed by atoms with Crippen LogP contribution in [0.2, 0.25) is 0 Å². The van der Waals surface area contributed by atoms with Crippen LogP contribution in [0.3, 0.4) is 0 Å². The molecule has 0 radical (unpaired) electrons. The fraction of sp³-hybridized carbons (Fsp3) is 0.231. The first kappa shape index (κ1) is 22.2. The van der Waals surface area contributed by atoms with E-state index in [2.05, 4.69) is 15.3 Å². The quantitative estimate of drug-likeness (QED) is 0.456. The molecule has 4 rings (SSSR count). The highest BCUT2D eigenvalue weighted by atomic mass is 16.2. The first-order valence-electron chi connectivity index (χ1n) is 10.9. The van der Waals surface area contributed by atoms with Gasteiger partial charge in [-0.15, -0.1) is 0 Å². The van der Waals surface area contributed by atoms with Crippen molar-refractivity contribution in [2.45, 2.75) is 33.4 Å². The van der Waals surface area contributed by atoms with Crippen molar-refractivity contribution >= 4 is 5.91 Å². The van der Waals surface area contributed by atoms with Gasteiger partial charge in [0.1, 0.15) is 5.56 Å². The first-order chi connectivity index (χ1) is 16.0. The van der Waals surface area contributed by atoms with Crippen LogP contribution in [-0.2, 0) is 19.5 Å². The van der Waals surface area contributed by atoms with Gasteiger partial charge >= 0.3 is 0 Å². The fourth-order valence-corrected chi connectivity index (χ4v) is 3.93. The number of aryl methyl sites for hydroxylation is 2. The van der Waals surface area contributed by atoms with Crippen molar-refractivity contribution in [1.82, 2.24) is 24.4 Å². The molecular formula is C26H27N5O2. The third-order valence-corrected chi connectivity index (χ3v) is 5.73. The van der Waals surface area contributed by atoms with E-state index in [1.165, 1.54) is 6.07 Å². The number of aromatic nitrogens is 4. The summed E-state index contributed by atoms with van der Waals surface area (Å²) >= 11 is 0. The van der Waals surface area contributed by atoms with Gasteiger partial charge in [-0.1, -0.05) is 30.3 Å². The van der Waals surface area contributed by atoms with Gasteiger partial charge in [0, 0.05) is 55.6 Å². The molecule has 1 aromatic carbocycles. The zero-order valence-corrected chi connectivity index (χ0v) is 18.9. The molecule has 33 heavy (non-hydrogen) atoms. The summed E-state index contributed by atoms with van der Waals surface area (Å²) < 4.78 is 3.91. The molecule has 168 valence electrons. The number of carbonyl (C=O) groups excluding carboxylic acids is 1. The number of benzene rings is 1. The summed E-state index contributed by atoms with van der Waals surface area (Å²) in [5.74, 6) is -0.363. The molecule has 0 unspecified atom stereocenters. The zero-order valence-electron chi connectivity index (χ0n) is 18.9. The maximum atomic E-state index is 13.2. The largest absolute Gasteiger partial charge is 0.350 e. The van der Waals surface area contributed by atoms with Crippen LogP contribution in [-0.4, -0.2) is 31.6 Å². The minimum atomic E-state index is -0.363. The summed E-state index contributed by atoms with van der Waals surface area (Å²) in [6.45, 7) is 5.38. The van der Waals surface area contributed by atoms with Crippen molar-refractivity contribution in [3.8, 4) is 0 Å². The number of nitrogens with one attached hydrogen (secondary N) is 1. The molecule has 4 aromatic rings. The molecule has 0 saturated carbocycles. The van der Waals surface area contributed by atoms with Gasteiger partial charge in [-0.2, -0.15) is 0 Å². The lowest BCUT2D eigenvalue weighted by Gasteiger charge is -2.21. The number of nitrogens with zero attached hydrogens (tertiary/aromatic N) is 4. The third-order valence-electron chi connectivity index (χ3n) is 5.73. The van der Waals surface area contributed by atoms with Crippen LogP contribution in [0.25, 0.3) is 0 Å². The van der Waals surface area contributed by atoms with Crippen molar-refractivity contribution < 1.29 is 4.79 Å². The van der Waals surface area contributed by atoms with Gasteiger partial charge in [0.2, 0.25) is 0 Å². The lowest BCUT2D eigenvalue weighted by atomic mass is 9.99. The van der Waals surface area contributed by atoms with Crippen LogP contribution in [0, 0.1) is 13.8 Å². The number of hydrogen-bond acceptors (Lipinski definition) is 4. The van der Waals surface area contributed by atoms with E-state index in [4.69, 9.17) is 0 Å². The van der Waals surface area contributed by atoms with E-state index in [1.807, 2.05) is 71.6 Å². The van der Waals surface area contributed by atoms with Gasteiger partial charge in [-0.3, -0.25) is 14.6 Å². The summed E-state index contributed by atoms with van der Waals surface area (Å²) in [7, 11) is 0. The predicted molar refractivity (Wildman–Crippen MR) is 127 cm³/mol. The van der Waals surface area contributed by atoms with Crippen LogP contribution in [0.4, 0.5) is 0 Å². The molecule has 3 heterocycles. The van der Waals surface area contributed by atoms with Gasteiger partial charge in [0.25, 0.3) is 5.91 Å². The lowest BCUT2D eigenvalue weighted by molar-refractivity contribution is 0.0949. The Hall–Kier alpha value is -4.00. The van der Waals surface area contributed by atoms with Crippen molar-refractivity contribution in [1.29, 1.82) is 0 Å². The number of amides is 1. The Labute approximate surface area is 192 Å². The molecular weight excluding hydrogens is 414 g/mol. The van der Waals surface area contributed by atoms with Crippen LogP contribution < -0.4 is 10.7 Å². The van der Waals surface area contributed by atoms with Gasteiger partial charge in [-0.05, 0) is 37.1 Å². The molecule has 0 aliphatic carbocycles. The molecule has 0 atom stereocenters. The molecule has 1 amide bonds. The average molecular weight is 442 g/mol. The summed E-state index contributed by atoms with van der Waals surface area (Å²) in [5, 5.41) is 2.91. The summed E-state index contributed by atoms with van der Waals surface area (Å²) in [5.41, 5.74) is 4.46. The van der Waals surface area contributed by atoms with E-state index in [0.717, 1.165) is 22.5 Å². The van der Waals surface area contributed by atoms with Crippen molar-refractivity contribution in [3.63, 3.8) is 0 Å². The molecule has 0 bridgehead atoms. The van der Waals surface area contributed by atoms with Crippen molar-refractivity contribution in [3.05, 3.63) is 117 Å². The van der Waals surface area contributed by atoms with E-state index in [-0.39, 0.29) is 16.9 Å². The van der Waals surface area contributed by atoms with Crippen LogP contribution >= 0.6 is 0 Å². The second-order valence-corrected chi connectivity index (χ2v) is 8.04. The Kier molecular flexibility index (Phi) is 6.78. The van der Waals surface area contributed by atoms with Gasteiger partial charge in [0.15, 0.2) is 5.43 Å². The number of rotatable bonds is 8. The third kappa shape index (κ3) is 5.26. The van der Waals surface area contributed by atoms with Crippen LogP contribution in [0.5, 0.6) is 0 Å². The molecule has 0 aliphatic rings. The SMILES string of the molecule is Cc1ccccc1Cc1c(C(=O)NCCn2ccnc2)c(=O)cc(C)n1Cc1ccccn1. The predicted octanol–water partition coefficient (Wildman–Crippen LogP) is 3.13. The molecule has 3 aromatic heterocycles. The monoisotopic (exact) mass is 441 g/mol. The number of pyridine rings is 2. The van der Waals surface area contributed by atoms with E-state index >= 15 is 0 Å². The maximum absolute atomic E-state index is 13.2. The zero-order chi connectivity index (χ0) is 23.2. The minimum absolute atomic E-state index is 0.186. The molecule has 7 heteroatoms. The Balaban J connectivity index is 1.73. The number of imidazole rings is 1. The average Bonchev–Trinajstić information content (AvgIpc) is 3.32. The molecule has 7 nitrogen and oxygen atoms in total. The smallest absolute Gasteiger partial charge is 0.257 e. The standard InChI is InChI=1S/C26H27N5O2/c1-19-7-3-4-8-21(19)16-23-25(26(33)29-12-14-30-13-11-27-18-30)24(32)15-20(2)31(23)17-22-9-5-6-10-28-22/h3-11,13,15,18H,12,14,16-17H2,1-2H3,(H,29,33). The van der Waals surface area contributed by atoms with Gasteiger partial charge < -0.3 is 14.5 Å². The maximum Gasteiger partial charge on any atom is 0.257 e. The minimum Gasteiger partial charge on any atom is -0.350 e. The molecule has 1 N–H and O–H groups in total. The molecule has 0 saturated heterocycles. The summed E-state index contributed by atoms with van der Waals surface area (Å²) in [4.78, 5) is 34.8. The first-order valence-corrected chi connectivity index (χ1v) is 10.9. The van der Waals surface area contributed by atoms with Crippen LogP contribution in [0.1, 0.15) is 38.6 Å². The van der Waals surface area contributed by atoms with Gasteiger partial charge in [-0.25, -0.2) is 4.98 Å². The van der Waals surface area contributed by atoms with E-state index in [1.54, 1.807) is 18.7 Å². The van der Waals surface area contributed by atoms with Crippen LogP contribution in [0.15, 0.2) is 78.2 Å². The fourth-order valence-electron chi connectivity index (χ4n) is 3.93. The Morgan fingerprint density at radius 2 is 1.88 bits per heavy atom. The normalized spacial score (nSPS) is 10.8. The van der Waals surface area contributed by atoms with E-state index in [0.29, 0.717) is 31.7 Å².